The molecule has 0 saturated heterocycles. The Bertz CT molecular complexity index is 1470. The van der Waals surface area contributed by atoms with Crippen LogP contribution in [-0.4, -0.2) is 0 Å². The van der Waals surface area contributed by atoms with Crippen LogP contribution in [0, 0.1) is 0 Å². The summed E-state index contributed by atoms with van der Waals surface area (Å²) in [6, 6.07) is 34.6. The Kier molecular flexibility index (Phi) is 4.00. The Hall–Kier alpha value is -3.68. The van der Waals surface area contributed by atoms with Gasteiger partial charge in [0.15, 0.2) is 0 Å². The SMILES string of the molecule is c1ccc(Op2oc3ccc4ccccc4c3c3c(ccc4ccccc43)o2)cc1. The van der Waals surface area contributed by atoms with Crippen molar-refractivity contribution in [3.05, 3.63) is 103 Å². The van der Waals surface area contributed by atoms with Gasteiger partial charge >= 0.3 is 8.24 Å². The maximum atomic E-state index is 6.32. The molecule has 0 aliphatic carbocycles. The van der Waals surface area contributed by atoms with Crippen molar-refractivity contribution in [1.82, 2.24) is 0 Å². The molecule has 1 aromatic heterocycles. The Balaban J connectivity index is 1.81. The third-order valence-electron chi connectivity index (χ3n) is 5.30. The molecule has 30 heavy (non-hydrogen) atoms. The predicted molar refractivity (Wildman–Crippen MR) is 124 cm³/mol. The lowest BCUT2D eigenvalue weighted by molar-refractivity contribution is 0.498. The lowest BCUT2D eigenvalue weighted by Crippen LogP contribution is -1.79. The van der Waals surface area contributed by atoms with Crippen molar-refractivity contribution in [2.45, 2.75) is 0 Å². The van der Waals surface area contributed by atoms with E-state index in [9.17, 15) is 0 Å². The molecule has 144 valence electrons. The van der Waals surface area contributed by atoms with Gasteiger partial charge in [-0.25, -0.2) is 0 Å². The van der Waals surface area contributed by atoms with Crippen molar-refractivity contribution in [3.63, 3.8) is 0 Å². The molecule has 3 nitrogen and oxygen atoms in total. The molecule has 0 unspecified atom stereocenters. The van der Waals surface area contributed by atoms with Crippen LogP contribution >= 0.6 is 8.24 Å². The van der Waals surface area contributed by atoms with E-state index in [1.54, 1.807) is 0 Å². The van der Waals surface area contributed by atoms with Gasteiger partial charge < -0.3 is 12.9 Å². The lowest BCUT2D eigenvalue weighted by atomic mass is 9.99. The molecule has 1 heterocycles. The van der Waals surface area contributed by atoms with Gasteiger partial charge in [-0.2, -0.15) is 0 Å². The summed E-state index contributed by atoms with van der Waals surface area (Å²) in [5.74, 6) is 0.718. The minimum atomic E-state index is -1.66. The second-order valence-electron chi connectivity index (χ2n) is 7.13. The minimum absolute atomic E-state index is 0.718. The highest BCUT2D eigenvalue weighted by molar-refractivity contribution is 7.32. The standard InChI is InChI=1S/C26H17O3P/c1-2-10-20(11-3-1)27-30-28-23-16-14-18-8-4-6-12-21(18)25(23)26-22-13-7-5-9-19(22)15-17-24(26)29-30/h1-17H. The van der Waals surface area contributed by atoms with Gasteiger partial charge in [0.2, 0.25) is 0 Å². The second kappa shape index (κ2) is 6.98. The molecule has 6 rings (SSSR count). The van der Waals surface area contributed by atoms with E-state index in [0.29, 0.717) is 0 Å². The normalized spacial score (nSPS) is 11.3. The van der Waals surface area contributed by atoms with Crippen molar-refractivity contribution in [2.24, 2.45) is 0 Å². The fraction of sp³-hybridized carbons (Fsp3) is 0. The first-order valence-electron chi connectivity index (χ1n) is 9.80. The highest BCUT2D eigenvalue weighted by Gasteiger charge is 2.13. The van der Waals surface area contributed by atoms with Crippen molar-refractivity contribution in [3.8, 4) is 5.75 Å². The topological polar surface area (TPSA) is 35.5 Å². The monoisotopic (exact) mass is 408 g/mol. The third-order valence-corrected chi connectivity index (χ3v) is 6.35. The molecule has 0 fully saturated rings. The van der Waals surface area contributed by atoms with E-state index in [-0.39, 0.29) is 0 Å². The van der Waals surface area contributed by atoms with Crippen molar-refractivity contribution >= 4 is 51.7 Å². The van der Waals surface area contributed by atoms with Crippen LogP contribution < -0.4 is 4.52 Å². The number of rotatable bonds is 2. The molecule has 0 aliphatic heterocycles. The van der Waals surface area contributed by atoms with E-state index in [2.05, 4.69) is 60.7 Å². The molecule has 0 saturated carbocycles. The smallest absolute Gasteiger partial charge is 0.391 e. The maximum Gasteiger partial charge on any atom is 0.453 e. The van der Waals surface area contributed by atoms with Gasteiger partial charge in [0.05, 0.1) is 0 Å². The summed E-state index contributed by atoms with van der Waals surface area (Å²) in [5, 5.41) is 6.67. The third kappa shape index (κ3) is 2.83. The highest BCUT2D eigenvalue weighted by atomic mass is 31.1. The first-order chi connectivity index (χ1) is 14.9. The number of hydrogen-bond donors (Lipinski definition) is 0. The summed E-state index contributed by atoms with van der Waals surface area (Å²) in [7, 11) is -1.66. The average molecular weight is 408 g/mol. The summed E-state index contributed by atoms with van der Waals surface area (Å²) in [6.07, 6.45) is 0. The van der Waals surface area contributed by atoms with Crippen molar-refractivity contribution < 1.29 is 12.9 Å². The fourth-order valence-corrected chi connectivity index (χ4v) is 4.99. The van der Waals surface area contributed by atoms with Gasteiger partial charge in [-0.1, -0.05) is 78.9 Å². The van der Waals surface area contributed by atoms with Gasteiger partial charge in [0.25, 0.3) is 0 Å². The van der Waals surface area contributed by atoms with Crippen molar-refractivity contribution in [2.75, 3.05) is 0 Å². The summed E-state index contributed by atoms with van der Waals surface area (Å²) >= 11 is 0. The summed E-state index contributed by atoms with van der Waals surface area (Å²) in [4.78, 5) is 0. The van der Waals surface area contributed by atoms with Crippen molar-refractivity contribution in [1.29, 1.82) is 0 Å². The van der Waals surface area contributed by atoms with Gasteiger partial charge in [0, 0.05) is 10.8 Å². The van der Waals surface area contributed by atoms with E-state index in [1.165, 1.54) is 0 Å². The second-order valence-corrected chi connectivity index (χ2v) is 8.13. The number of fused-ring (bicyclic) bond motifs is 7. The zero-order chi connectivity index (χ0) is 19.9. The molecule has 0 bridgehead atoms. The zero-order valence-electron chi connectivity index (χ0n) is 16.0. The summed E-state index contributed by atoms with van der Waals surface area (Å²) in [5.41, 5.74) is 1.54. The van der Waals surface area contributed by atoms with E-state index in [0.717, 1.165) is 49.2 Å². The number of hydrogen-bond acceptors (Lipinski definition) is 3. The molecular formula is C26H17O3P. The van der Waals surface area contributed by atoms with Gasteiger partial charge in [0.1, 0.15) is 16.9 Å². The Labute approximate surface area is 173 Å². The molecule has 0 radical (unpaired) electrons. The number of benzene rings is 5. The Morgan fingerprint density at radius 2 is 1.00 bits per heavy atom. The van der Waals surface area contributed by atoms with Gasteiger partial charge in [-0.05, 0) is 45.8 Å². The molecule has 0 aliphatic rings. The van der Waals surface area contributed by atoms with Crippen LogP contribution in [0.4, 0.5) is 0 Å². The number of para-hydroxylation sites is 1. The van der Waals surface area contributed by atoms with Crippen LogP contribution in [0.5, 0.6) is 5.75 Å². The molecular weight excluding hydrogens is 391 g/mol. The van der Waals surface area contributed by atoms with Crippen LogP contribution in [0.25, 0.3) is 43.5 Å². The first-order valence-corrected chi connectivity index (χ1v) is 10.9. The van der Waals surface area contributed by atoms with E-state index in [4.69, 9.17) is 12.9 Å². The van der Waals surface area contributed by atoms with Crippen LogP contribution in [0.3, 0.4) is 0 Å². The maximum absolute atomic E-state index is 6.32. The van der Waals surface area contributed by atoms with Crippen LogP contribution in [0.2, 0.25) is 0 Å². The average Bonchev–Trinajstić information content (AvgIpc) is 2.96. The summed E-state index contributed by atoms with van der Waals surface area (Å²) < 4.78 is 18.7. The largest absolute Gasteiger partial charge is 0.453 e. The van der Waals surface area contributed by atoms with Crippen LogP contribution in [0.1, 0.15) is 0 Å². The quantitative estimate of drug-likeness (QED) is 0.288. The fourth-order valence-electron chi connectivity index (χ4n) is 3.95. The van der Waals surface area contributed by atoms with E-state index in [1.807, 2.05) is 42.5 Å². The molecule has 0 atom stereocenters. The Morgan fingerprint density at radius 3 is 1.57 bits per heavy atom. The summed E-state index contributed by atoms with van der Waals surface area (Å²) in [6.45, 7) is 0. The minimum Gasteiger partial charge on any atom is -0.391 e. The molecule has 0 amide bonds. The van der Waals surface area contributed by atoms with Crippen LogP contribution in [-0.2, 0) is 0 Å². The predicted octanol–water partition coefficient (Wildman–Crippen LogP) is 8.44. The van der Waals surface area contributed by atoms with E-state index < -0.39 is 8.24 Å². The Morgan fingerprint density at radius 1 is 0.500 bits per heavy atom. The first kappa shape index (κ1) is 17.2. The molecule has 0 spiro atoms. The highest BCUT2D eigenvalue weighted by Crippen LogP contribution is 2.41. The van der Waals surface area contributed by atoms with E-state index >= 15 is 0 Å². The molecule has 6 aromatic rings. The van der Waals surface area contributed by atoms with Gasteiger partial charge in [-0.3, -0.25) is 0 Å². The van der Waals surface area contributed by atoms with Gasteiger partial charge in [-0.15, -0.1) is 0 Å². The molecule has 0 N–H and O–H groups in total. The molecule has 5 aromatic carbocycles. The lowest BCUT2D eigenvalue weighted by Gasteiger charge is -2.05. The molecule has 4 heteroatoms. The zero-order valence-corrected chi connectivity index (χ0v) is 16.9. The van der Waals surface area contributed by atoms with Crippen LogP contribution in [0.15, 0.2) is 112 Å².